The normalized spacial score (nSPS) is 20.9. The summed E-state index contributed by atoms with van der Waals surface area (Å²) < 4.78 is 0. The highest BCUT2D eigenvalue weighted by molar-refractivity contribution is 5.79. The maximum atomic E-state index is 12.1. The number of amides is 1. The molecule has 0 atom stereocenters. The van der Waals surface area contributed by atoms with Crippen LogP contribution in [0.5, 0.6) is 0 Å². The summed E-state index contributed by atoms with van der Waals surface area (Å²) in [5, 5.41) is 0. The van der Waals surface area contributed by atoms with Crippen molar-refractivity contribution in [2.24, 2.45) is 22.2 Å². The van der Waals surface area contributed by atoms with Gasteiger partial charge in [0.1, 0.15) is 0 Å². The van der Waals surface area contributed by atoms with Gasteiger partial charge in [-0.25, -0.2) is 0 Å². The quantitative estimate of drug-likeness (QED) is 0.277. The summed E-state index contributed by atoms with van der Waals surface area (Å²) >= 11 is 0. The Morgan fingerprint density at radius 2 is 0.857 bits per heavy atom. The molecule has 3 aliphatic heterocycles. The van der Waals surface area contributed by atoms with Crippen LogP contribution >= 0.6 is 0 Å². The van der Waals surface area contributed by atoms with Crippen LogP contribution in [0.3, 0.4) is 0 Å². The van der Waals surface area contributed by atoms with Gasteiger partial charge in [-0.2, -0.15) is 0 Å². The summed E-state index contributed by atoms with van der Waals surface area (Å²) in [6.07, 6.45) is 8.02. The first-order valence-corrected chi connectivity index (χ1v) is 20.2. The Morgan fingerprint density at radius 1 is 0.469 bits per heavy atom. The zero-order chi connectivity index (χ0) is 38.1. The fourth-order valence-electron chi connectivity index (χ4n) is 6.65. The number of carbonyl (C=O) groups excluding carboxylic acids is 1. The summed E-state index contributed by atoms with van der Waals surface area (Å²) in [7, 11) is 0. The van der Waals surface area contributed by atoms with E-state index >= 15 is 0 Å². The average molecular weight is 692 g/mol. The maximum absolute atomic E-state index is 12.1. The number of carbonyl (C=O) groups is 1. The minimum atomic E-state index is 0.103. The van der Waals surface area contributed by atoms with E-state index in [0.717, 1.165) is 32.0 Å². The molecule has 0 N–H and O–H groups in total. The number of hydrogen-bond donors (Lipinski definition) is 0. The highest BCUT2D eigenvalue weighted by Gasteiger charge is 2.31. The minimum absolute atomic E-state index is 0.103. The zero-order valence-electron chi connectivity index (χ0n) is 36.7. The van der Waals surface area contributed by atoms with Gasteiger partial charge in [0.2, 0.25) is 5.91 Å². The lowest BCUT2D eigenvalue weighted by Crippen LogP contribution is -2.56. The summed E-state index contributed by atoms with van der Waals surface area (Å²) in [6, 6.07) is 0. The van der Waals surface area contributed by atoms with E-state index in [4.69, 9.17) is 0 Å². The molecule has 0 unspecified atom stereocenters. The molecule has 1 amide bonds. The second kappa shape index (κ2) is 18.9. The molecule has 3 aliphatic rings. The van der Waals surface area contributed by atoms with Crippen molar-refractivity contribution in [1.29, 1.82) is 0 Å². The molecule has 0 aromatic carbocycles. The molecule has 3 rings (SSSR count). The Kier molecular flexibility index (Phi) is 17.9. The average Bonchev–Trinajstić information content (AvgIpc) is 2.93. The van der Waals surface area contributed by atoms with Crippen molar-refractivity contribution < 1.29 is 4.79 Å². The molecule has 0 spiro atoms. The number of piperidine rings is 1. The van der Waals surface area contributed by atoms with Gasteiger partial charge >= 0.3 is 0 Å². The molecule has 0 radical (unpaired) electrons. The molecule has 0 aromatic heterocycles. The van der Waals surface area contributed by atoms with Crippen LogP contribution < -0.4 is 0 Å². The molecule has 6 nitrogen and oxygen atoms in total. The molecule has 49 heavy (non-hydrogen) atoms. The van der Waals surface area contributed by atoms with E-state index in [0.29, 0.717) is 33.9 Å². The number of piperazine rings is 2. The van der Waals surface area contributed by atoms with E-state index in [2.05, 4.69) is 144 Å². The van der Waals surface area contributed by atoms with E-state index < -0.39 is 0 Å². The van der Waals surface area contributed by atoms with Gasteiger partial charge in [-0.1, -0.05) is 62.3 Å². The third kappa shape index (κ3) is 20.8. The van der Waals surface area contributed by atoms with Crippen molar-refractivity contribution in [3.8, 4) is 0 Å². The van der Waals surface area contributed by atoms with Crippen LogP contribution in [0, 0.1) is 22.2 Å². The minimum Gasteiger partial charge on any atom is -0.340 e. The first kappa shape index (κ1) is 46.3. The molecular formula is C43H89N5O. The third-order valence-electron chi connectivity index (χ3n) is 10.8. The van der Waals surface area contributed by atoms with Crippen LogP contribution in [0.25, 0.3) is 0 Å². The second-order valence-electron chi connectivity index (χ2n) is 22.3. The van der Waals surface area contributed by atoms with Gasteiger partial charge < -0.3 is 9.80 Å². The van der Waals surface area contributed by atoms with Crippen molar-refractivity contribution in [3.05, 3.63) is 0 Å². The van der Waals surface area contributed by atoms with Crippen molar-refractivity contribution in [3.63, 3.8) is 0 Å². The van der Waals surface area contributed by atoms with Crippen LogP contribution in [-0.2, 0) is 4.79 Å². The first-order chi connectivity index (χ1) is 22.0. The molecule has 3 saturated heterocycles. The molecule has 0 saturated carbocycles. The maximum Gasteiger partial charge on any atom is 0.236 e. The van der Waals surface area contributed by atoms with Gasteiger partial charge in [0.15, 0.2) is 0 Å². The van der Waals surface area contributed by atoms with Crippen LogP contribution in [0.4, 0.5) is 0 Å². The Balaban J connectivity index is 0.000000368. The van der Waals surface area contributed by atoms with Gasteiger partial charge in [-0.05, 0) is 143 Å². The lowest BCUT2D eigenvalue weighted by Gasteiger charge is -2.42. The number of nitrogens with zero attached hydrogens (tertiary/aromatic N) is 5. The lowest BCUT2D eigenvalue weighted by molar-refractivity contribution is -0.138. The Morgan fingerprint density at radius 3 is 1.24 bits per heavy atom. The summed E-state index contributed by atoms with van der Waals surface area (Å²) in [5.74, 6) is 1.27. The highest BCUT2D eigenvalue weighted by atomic mass is 16.2. The fourth-order valence-corrected chi connectivity index (χ4v) is 6.65. The zero-order valence-corrected chi connectivity index (χ0v) is 36.7. The molecular weight excluding hydrogens is 603 g/mol. The van der Waals surface area contributed by atoms with Crippen molar-refractivity contribution in [2.75, 3.05) is 72.0 Å². The third-order valence-corrected chi connectivity index (χ3v) is 10.8. The van der Waals surface area contributed by atoms with Gasteiger partial charge in [0, 0.05) is 62.4 Å². The largest absolute Gasteiger partial charge is 0.340 e. The Bertz CT molecular complexity index is 870. The SMILES string of the molecule is CC(C)(C)CCC1CCN(C(C)(C)C)CC1.CC(C)(C)CCN1CCN(C(C)(C)C)CC1.CC(C)(C)CCN1CCN(C(C)(C)C)CC1=O. The van der Waals surface area contributed by atoms with Crippen molar-refractivity contribution in [1.82, 2.24) is 24.5 Å². The predicted octanol–water partition coefficient (Wildman–Crippen LogP) is 9.53. The molecule has 0 aromatic rings. The molecule has 3 fully saturated rings. The standard InChI is InChI=1S/C15H31N.C14H28N2O.C14H30N2/c1-14(2,3)10-7-13-8-11-16(12-9-13)15(4,5)6;1-13(2,3)7-8-15-9-10-16(11-12(15)17)14(4,5)6;1-13(2,3)7-8-15-9-11-16(12-10-15)14(4,5)6/h13H,7-12H2,1-6H3;7-11H2,1-6H3;7-12H2,1-6H3. The number of rotatable bonds is 6. The van der Waals surface area contributed by atoms with E-state index in [1.807, 2.05) is 4.90 Å². The van der Waals surface area contributed by atoms with E-state index in [-0.39, 0.29) is 11.4 Å². The summed E-state index contributed by atoms with van der Waals surface area (Å²) in [4.78, 5) is 24.2. The van der Waals surface area contributed by atoms with Gasteiger partial charge in [-0.3, -0.25) is 19.5 Å². The number of hydrogen-bond acceptors (Lipinski definition) is 5. The molecule has 292 valence electrons. The van der Waals surface area contributed by atoms with E-state index in [1.54, 1.807) is 0 Å². The van der Waals surface area contributed by atoms with Gasteiger partial charge in [0.25, 0.3) is 0 Å². The topological polar surface area (TPSA) is 33.3 Å². The molecule has 0 aliphatic carbocycles. The smallest absolute Gasteiger partial charge is 0.236 e. The van der Waals surface area contributed by atoms with Crippen molar-refractivity contribution in [2.45, 2.75) is 180 Å². The lowest BCUT2D eigenvalue weighted by atomic mass is 9.83. The van der Waals surface area contributed by atoms with Crippen LogP contribution in [0.1, 0.15) is 163 Å². The molecule has 0 bridgehead atoms. The first-order valence-electron chi connectivity index (χ1n) is 20.2. The Hall–Kier alpha value is -0.690. The predicted molar refractivity (Wildman–Crippen MR) is 217 cm³/mol. The van der Waals surface area contributed by atoms with E-state index in [9.17, 15) is 4.79 Å². The highest BCUT2D eigenvalue weighted by Crippen LogP contribution is 2.31. The van der Waals surface area contributed by atoms with Crippen molar-refractivity contribution >= 4 is 5.91 Å². The molecule has 6 heteroatoms. The van der Waals surface area contributed by atoms with Gasteiger partial charge in [0.05, 0.1) is 6.54 Å². The monoisotopic (exact) mass is 692 g/mol. The Labute approximate surface area is 308 Å². The summed E-state index contributed by atoms with van der Waals surface area (Å²) in [6.45, 7) is 53.4. The summed E-state index contributed by atoms with van der Waals surface area (Å²) in [5.41, 5.74) is 2.11. The second-order valence-corrected chi connectivity index (χ2v) is 22.3. The van der Waals surface area contributed by atoms with E-state index in [1.165, 1.54) is 77.9 Å². The molecule has 3 heterocycles. The fraction of sp³-hybridized carbons (Fsp3) is 0.977. The van der Waals surface area contributed by atoms with Crippen LogP contribution in [0.2, 0.25) is 0 Å². The number of likely N-dealkylation sites (tertiary alicyclic amines) is 1. The van der Waals surface area contributed by atoms with Crippen LogP contribution in [0.15, 0.2) is 0 Å². The van der Waals surface area contributed by atoms with Gasteiger partial charge in [-0.15, -0.1) is 0 Å². The van der Waals surface area contributed by atoms with Crippen LogP contribution in [-0.4, -0.2) is 119 Å².